The van der Waals surface area contributed by atoms with Crippen LogP contribution in [0.1, 0.15) is 12.0 Å². The van der Waals surface area contributed by atoms with Crippen molar-refractivity contribution < 1.29 is 13.2 Å². The summed E-state index contributed by atoms with van der Waals surface area (Å²) in [5.41, 5.74) is 1.04. The highest BCUT2D eigenvalue weighted by atomic mass is 35.7. The molecule has 0 saturated carbocycles. The normalized spacial score (nSPS) is 25.0. The molecule has 0 amide bonds. The molecule has 2 atom stereocenters. The Hall–Kier alpha value is -0.290. The monoisotopic (exact) mass is 308 g/mol. The van der Waals surface area contributed by atoms with E-state index >= 15 is 0 Å². The fourth-order valence-corrected chi connectivity index (χ4v) is 4.10. The summed E-state index contributed by atoms with van der Waals surface area (Å²) < 4.78 is 28.4. The summed E-state index contributed by atoms with van der Waals surface area (Å²) in [6.45, 7) is 0.882. The molecule has 1 fully saturated rings. The van der Waals surface area contributed by atoms with E-state index in [2.05, 4.69) is 0 Å². The van der Waals surface area contributed by atoms with Gasteiger partial charge >= 0.3 is 0 Å². The maximum absolute atomic E-state index is 11.5. The largest absolute Gasteiger partial charge is 0.381 e. The smallest absolute Gasteiger partial charge is 0.235 e. The lowest BCUT2D eigenvalue weighted by atomic mass is 9.94. The lowest BCUT2D eigenvalue weighted by molar-refractivity contribution is 0.0577. The van der Waals surface area contributed by atoms with Gasteiger partial charge in [0, 0.05) is 28.2 Å². The van der Waals surface area contributed by atoms with E-state index in [4.69, 9.17) is 27.0 Å². The molecule has 1 aliphatic rings. The van der Waals surface area contributed by atoms with Crippen molar-refractivity contribution in [1.82, 2.24) is 0 Å². The zero-order valence-corrected chi connectivity index (χ0v) is 12.0. The van der Waals surface area contributed by atoms with Crippen LogP contribution in [0, 0.1) is 5.92 Å². The van der Waals surface area contributed by atoms with Crippen molar-refractivity contribution in [1.29, 1.82) is 0 Å². The van der Waals surface area contributed by atoms with Gasteiger partial charge in [-0.1, -0.05) is 23.7 Å². The molecule has 1 aromatic carbocycles. The molecule has 0 spiro atoms. The second-order valence-corrected chi connectivity index (χ2v) is 7.75. The molecule has 0 N–H and O–H groups in total. The van der Waals surface area contributed by atoms with E-state index in [0.717, 1.165) is 5.56 Å². The third-order valence-electron chi connectivity index (χ3n) is 3.18. The Balaban J connectivity index is 2.13. The van der Waals surface area contributed by atoms with Crippen LogP contribution in [-0.4, -0.2) is 26.9 Å². The van der Waals surface area contributed by atoms with Gasteiger partial charge in [-0.15, -0.1) is 0 Å². The zero-order valence-electron chi connectivity index (χ0n) is 9.68. The molecule has 2 rings (SSSR count). The molecule has 1 aromatic rings. The minimum Gasteiger partial charge on any atom is -0.381 e. The first kappa shape index (κ1) is 14.1. The van der Waals surface area contributed by atoms with E-state index in [-0.39, 0.29) is 5.92 Å². The number of benzene rings is 1. The summed E-state index contributed by atoms with van der Waals surface area (Å²) in [5.74, 6) is -0.0950. The molecular formula is C12H14Cl2O3S. The summed E-state index contributed by atoms with van der Waals surface area (Å²) in [6.07, 6.45) is 1.10. The summed E-state index contributed by atoms with van der Waals surface area (Å²) >= 11 is 5.81. The summed E-state index contributed by atoms with van der Waals surface area (Å²) in [6, 6.07) is 7.39. The first-order valence-corrected chi connectivity index (χ1v) is 8.47. The van der Waals surface area contributed by atoms with Crippen molar-refractivity contribution in [3.05, 3.63) is 34.9 Å². The van der Waals surface area contributed by atoms with Crippen LogP contribution in [0.4, 0.5) is 0 Å². The van der Waals surface area contributed by atoms with Crippen molar-refractivity contribution in [2.45, 2.75) is 18.1 Å². The number of rotatable bonds is 3. The average Bonchev–Trinajstić information content (AvgIpc) is 2.31. The highest BCUT2D eigenvalue weighted by Crippen LogP contribution is 2.28. The van der Waals surface area contributed by atoms with Gasteiger partial charge < -0.3 is 4.74 Å². The second kappa shape index (κ2) is 5.78. The Morgan fingerprint density at radius 1 is 1.28 bits per heavy atom. The minimum absolute atomic E-state index is 0.0950. The van der Waals surface area contributed by atoms with Gasteiger partial charge in [0.05, 0.1) is 11.9 Å². The molecule has 0 unspecified atom stereocenters. The molecule has 3 nitrogen and oxygen atoms in total. The lowest BCUT2D eigenvalue weighted by Gasteiger charge is -2.29. The molecule has 0 radical (unpaired) electrons. The van der Waals surface area contributed by atoms with Gasteiger partial charge in [-0.05, 0) is 30.5 Å². The molecule has 6 heteroatoms. The molecule has 0 bridgehead atoms. The quantitative estimate of drug-likeness (QED) is 0.806. The average molecular weight is 309 g/mol. The Kier molecular flexibility index (Phi) is 4.54. The van der Waals surface area contributed by atoms with Gasteiger partial charge in [-0.2, -0.15) is 0 Å². The van der Waals surface area contributed by atoms with Gasteiger partial charge in [0.2, 0.25) is 9.05 Å². The van der Waals surface area contributed by atoms with Crippen molar-refractivity contribution in [3.8, 4) is 0 Å². The second-order valence-electron chi connectivity index (χ2n) is 4.47. The highest BCUT2D eigenvalue weighted by Gasteiger charge is 2.34. The molecule has 1 heterocycles. The summed E-state index contributed by atoms with van der Waals surface area (Å²) in [5, 5.41) is 0.142. The van der Waals surface area contributed by atoms with E-state index < -0.39 is 14.3 Å². The minimum atomic E-state index is -3.54. The molecule has 0 aliphatic carbocycles. The Labute approximate surface area is 116 Å². The van der Waals surface area contributed by atoms with Crippen LogP contribution in [-0.2, 0) is 20.2 Å². The van der Waals surface area contributed by atoms with Crippen LogP contribution >= 0.6 is 22.3 Å². The Morgan fingerprint density at radius 2 is 1.94 bits per heavy atom. The van der Waals surface area contributed by atoms with Crippen molar-refractivity contribution in [3.63, 3.8) is 0 Å². The van der Waals surface area contributed by atoms with Crippen LogP contribution in [0.5, 0.6) is 0 Å². The number of halogens is 2. The lowest BCUT2D eigenvalue weighted by Crippen LogP contribution is -2.37. The SMILES string of the molecule is O=S(=O)(Cl)[C@H]1CCOC[C@H]1Cc1ccc(Cl)cc1. The van der Waals surface area contributed by atoms with E-state index in [9.17, 15) is 8.42 Å². The maximum atomic E-state index is 11.5. The molecule has 0 aromatic heterocycles. The zero-order chi connectivity index (χ0) is 13.2. The Morgan fingerprint density at radius 3 is 2.56 bits per heavy atom. The first-order valence-electron chi connectivity index (χ1n) is 5.72. The standard InChI is InChI=1S/C12H14Cl2O3S/c13-11-3-1-9(2-4-11)7-10-8-17-6-5-12(10)18(14,15)16/h1-4,10,12H,5-8H2/t10-,12+/m1/s1. The van der Waals surface area contributed by atoms with Gasteiger partial charge in [0.15, 0.2) is 0 Å². The molecule has 1 aliphatic heterocycles. The summed E-state index contributed by atoms with van der Waals surface area (Å²) in [4.78, 5) is 0. The third-order valence-corrected chi connectivity index (χ3v) is 5.46. The van der Waals surface area contributed by atoms with E-state index in [1.807, 2.05) is 12.1 Å². The van der Waals surface area contributed by atoms with Crippen LogP contribution in [0.25, 0.3) is 0 Å². The molecule has 1 saturated heterocycles. The van der Waals surface area contributed by atoms with Crippen LogP contribution < -0.4 is 0 Å². The highest BCUT2D eigenvalue weighted by molar-refractivity contribution is 8.14. The fourth-order valence-electron chi connectivity index (χ4n) is 2.26. The third kappa shape index (κ3) is 3.60. The first-order chi connectivity index (χ1) is 8.47. The molecule has 100 valence electrons. The fraction of sp³-hybridized carbons (Fsp3) is 0.500. The van der Waals surface area contributed by atoms with E-state index in [1.165, 1.54) is 0 Å². The van der Waals surface area contributed by atoms with Crippen molar-refractivity contribution >= 4 is 31.3 Å². The maximum Gasteiger partial charge on any atom is 0.235 e. The predicted octanol–water partition coefficient (Wildman–Crippen LogP) is 2.86. The number of hydrogen-bond donors (Lipinski definition) is 0. The van der Waals surface area contributed by atoms with Crippen molar-refractivity contribution in [2.24, 2.45) is 5.92 Å². The number of ether oxygens (including phenoxy) is 1. The van der Waals surface area contributed by atoms with Crippen molar-refractivity contribution in [2.75, 3.05) is 13.2 Å². The molecule has 18 heavy (non-hydrogen) atoms. The predicted molar refractivity (Wildman–Crippen MR) is 72.6 cm³/mol. The summed E-state index contributed by atoms with van der Waals surface area (Å²) in [7, 11) is 1.96. The van der Waals surface area contributed by atoms with Gasteiger partial charge in [-0.3, -0.25) is 0 Å². The van der Waals surface area contributed by atoms with Gasteiger partial charge in [0.1, 0.15) is 0 Å². The van der Waals surface area contributed by atoms with Crippen LogP contribution in [0.2, 0.25) is 5.02 Å². The van der Waals surface area contributed by atoms with Gasteiger partial charge in [-0.25, -0.2) is 8.42 Å². The van der Waals surface area contributed by atoms with E-state index in [1.54, 1.807) is 12.1 Å². The topological polar surface area (TPSA) is 43.4 Å². The van der Waals surface area contributed by atoms with Gasteiger partial charge in [0.25, 0.3) is 0 Å². The Bertz CT molecular complexity index is 499. The van der Waals surface area contributed by atoms with Crippen LogP contribution in [0.15, 0.2) is 24.3 Å². The van der Waals surface area contributed by atoms with E-state index in [0.29, 0.717) is 31.1 Å². The number of hydrogen-bond acceptors (Lipinski definition) is 3. The molecular weight excluding hydrogens is 295 g/mol. The van der Waals surface area contributed by atoms with Crippen LogP contribution in [0.3, 0.4) is 0 Å².